The van der Waals surface area contributed by atoms with Gasteiger partial charge in [0.2, 0.25) is 0 Å². The van der Waals surface area contributed by atoms with Gasteiger partial charge in [-0.05, 0) is 42.9 Å². The predicted octanol–water partition coefficient (Wildman–Crippen LogP) is 0.993. The Labute approximate surface area is 142 Å². The van der Waals surface area contributed by atoms with Gasteiger partial charge in [-0.15, -0.1) is 0 Å². The fourth-order valence-electron chi connectivity index (χ4n) is 3.96. The van der Waals surface area contributed by atoms with Gasteiger partial charge >= 0.3 is 11.9 Å². The maximum Gasteiger partial charge on any atom is 0.321 e. The van der Waals surface area contributed by atoms with Crippen LogP contribution in [0.15, 0.2) is 12.2 Å². The molecule has 0 amide bonds. The Kier molecular flexibility index (Phi) is 3.60. The van der Waals surface area contributed by atoms with Crippen LogP contribution in [0.3, 0.4) is 0 Å². The zero-order valence-corrected chi connectivity index (χ0v) is 12.9. The van der Waals surface area contributed by atoms with Crippen molar-refractivity contribution < 1.29 is 19.8 Å². The second-order valence-corrected chi connectivity index (χ2v) is 5.38. The third-order valence-corrected chi connectivity index (χ3v) is 4.79. The van der Waals surface area contributed by atoms with Gasteiger partial charge in [0.05, 0.1) is 0 Å². The Bertz CT molecular complexity index is 367. The molecule has 3 aliphatic rings. The van der Waals surface area contributed by atoms with E-state index in [4.69, 9.17) is 0 Å². The molecule has 0 aromatic rings. The quantitative estimate of drug-likeness (QED) is 0.442. The fraction of sp³-hybridized carbons (Fsp3) is 0.667. The van der Waals surface area contributed by atoms with E-state index in [1.165, 1.54) is 0 Å². The number of fused-ring (bicyclic) bond motifs is 5. The van der Waals surface area contributed by atoms with Crippen LogP contribution in [0.4, 0.5) is 0 Å². The van der Waals surface area contributed by atoms with Crippen LogP contribution >= 0.6 is 0 Å². The minimum absolute atomic E-state index is 0. The topological polar surface area (TPSA) is 74.6 Å². The largest absolute Gasteiger partial charge is 0.480 e. The smallest absolute Gasteiger partial charge is 0.321 e. The average Bonchev–Trinajstić information content (AvgIpc) is 2.88. The van der Waals surface area contributed by atoms with Crippen LogP contribution in [0.2, 0.25) is 0 Å². The SMILES string of the molecule is O=C(O)C1(C(=O)O)CC2C3C=CC(C3)C2C1.[K]. The molecule has 87 valence electrons. The van der Waals surface area contributed by atoms with Gasteiger partial charge in [0.25, 0.3) is 0 Å². The first-order chi connectivity index (χ1) is 7.54. The minimum atomic E-state index is -1.52. The molecule has 4 nitrogen and oxygen atoms in total. The molecule has 1 radical (unpaired) electrons. The van der Waals surface area contributed by atoms with E-state index in [1.807, 2.05) is 0 Å². The van der Waals surface area contributed by atoms with Gasteiger partial charge in [-0.25, -0.2) is 0 Å². The van der Waals surface area contributed by atoms with Crippen LogP contribution in [0.1, 0.15) is 19.3 Å². The number of hydrogen-bond acceptors (Lipinski definition) is 2. The summed E-state index contributed by atoms with van der Waals surface area (Å²) in [6, 6.07) is 0. The van der Waals surface area contributed by atoms with E-state index in [1.54, 1.807) is 0 Å². The van der Waals surface area contributed by atoms with E-state index in [2.05, 4.69) is 12.2 Å². The van der Waals surface area contributed by atoms with Crippen molar-refractivity contribution in [2.45, 2.75) is 19.3 Å². The van der Waals surface area contributed by atoms with Gasteiger partial charge in [-0.3, -0.25) is 9.59 Å². The van der Waals surface area contributed by atoms with E-state index in [0.717, 1.165) is 6.42 Å². The van der Waals surface area contributed by atoms with Gasteiger partial charge in [-0.2, -0.15) is 0 Å². The Morgan fingerprint density at radius 2 is 1.41 bits per heavy atom. The van der Waals surface area contributed by atoms with Crippen molar-refractivity contribution in [3.8, 4) is 0 Å². The van der Waals surface area contributed by atoms with E-state index in [-0.39, 0.29) is 63.2 Å². The number of allylic oxidation sites excluding steroid dienone is 2. The average molecular weight is 261 g/mol. The standard InChI is InChI=1S/C12H14O4.K/c13-10(14)12(11(15)16)4-8-6-1-2-7(3-6)9(8)5-12;/h1-2,6-9H,3-5H2,(H,13,14)(H,15,16);. The Morgan fingerprint density at radius 1 is 1.00 bits per heavy atom. The van der Waals surface area contributed by atoms with Crippen LogP contribution in [0.5, 0.6) is 0 Å². The summed E-state index contributed by atoms with van der Waals surface area (Å²) in [5.41, 5.74) is -1.52. The van der Waals surface area contributed by atoms with Gasteiger partial charge in [0.15, 0.2) is 5.41 Å². The van der Waals surface area contributed by atoms with Crippen molar-refractivity contribution in [2.75, 3.05) is 0 Å². The van der Waals surface area contributed by atoms with E-state index >= 15 is 0 Å². The third kappa shape index (κ3) is 1.78. The molecule has 0 aromatic heterocycles. The summed E-state index contributed by atoms with van der Waals surface area (Å²) in [4.78, 5) is 22.5. The number of carboxylic acid groups (broad SMARTS) is 2. The van der Waals surface area contributed by atoms with Crippen LogP contribution in [0.25, 0.3) is 0 Å². The summed E-state index contributed by atoms with van der Waals surface area (Å²) in [7, 11) is 0. The molecule has 17 heavy (non-hydrogen) atoms. The molecule has 0 saturated heterocycles. The van der Waals surface area contributed by atoms with Crippen LogP contribution in [-0.2, 0) is 9.59 Å². The van der Waals surface area contributed by atoms with Crippen molar-refractivity contribution in [3.05, 3.63) is 12.2 Å². The first-order valence-electron chi connectivity index (χ1n) is 5.70. The molecule has 2 N–H and O–H groups in total. The number of carbonyl (C=O) groups is 2. The molecule has 5 heteroatoms. The zero-order chi connectivity index (χ0) is 11.5. The number of aliphatic carboxylic acids is 2. The molecule has 0 spiro atoms. The Morgan fingerprint density at radius 3 is 1.76 bits per heavy atom. The summed E-state index contributed by atoms with van der Waals surface area (Å²) in [5.74, 6) is -0.904. The summed E-state index contributed by atoms with van der Waals surface area (Å²) in [5, 5.41) is 18.4. The van der Waals surface area contributed by atoms with Crippen molar-refractivity contribution in [1.82, 2.24) is 0 Å². The van der Waals surface area contributed by atoms with E-state index in [0.29, 0.717) is 24.7 Å². The Hall–Kier alpha value is 0.316. The van der Waals surface area contributed by atoms with Crippen LogP contribution in [-0.4, -0.2) is 73.5 Å². The van der Waals surface area contributed by atoms with Gasteiger partial charge in [0, 0.05) is 51.4 Å². The molecule has 0 aliphatic heterocycles. The summed E-state index contributed by atoms with van der Waals surface area (Å²) < 4.78 is 0. The molecule has 4 unspecified atom stereocenters. The van der Waals surface area contributed by atoms with E-state index < -0.39 is 17.4 Å². The van der Waals surface area contributed by atoms with E-state index in [9.17, 15) is 19.8 Å². The third-order valence-electron chi connectivity index (χ3n) is 4.79. The van der Waals surface area contributed by atoms with Gasteiger partial charge < -0.3 is 10.2 Å². The van der Waals surface area contributed by atoms with Crippen molar-refractivity contribution in [2.24, 2.45) is 29.1 Å². The molecule has 2 saturated carbocycles. The van der Waals surface area contributed by atoms with Crippen molar-refractivity contribution >= 4 is 63.3 Å². The summed E-state index contributed by atoms with van der Waals surface area (Å²) in [6.07, 6.45) is 6.02. The fourth-order valence-corrected chi connectivity index (χ4v) is 3.96. The second kappa shape index (κ2) is 4.45. The monoisotopic (exact) mass is 261 g/mol. The normalized spacial score (nSPS) is 39.8. The molecule has 2 fully saturated rings. The Balaban J connectivity index is 0.00000108. The first-order valence-corrected chi connectivity index (χ1v) is 5.70. The molecular formula is C12H14KO4. The summed E-state index contributed by atoms with van der Waals surface area (Å²) in [6.45, 7) is 0. The molecule has 0 heterocycles. The van der Waals surface area contributed by atoms with Crippen LogP contribution < -0.4 is 0 Å². The molecule has 3 aliphatic carbocycles. The minimum Gasteiger partial charge on any atom is -0.480 e. The number of hydrogen-bond donors (Lipinski definition) is 2. The van der Waals surface area contributed by atoms with Crippen molar-refractivity contribution in [1.29, 1.82) is 0 Å². The predicted molar refractivity (Wildman–Crippen MR) is 60.4 cm³/mol. The second-order valence-electron chi connectivity index (χ2n) is 5.38. The molecule has 4 atom stereocenters. The number of carboxylic acids is 2. The molecule has 0 aromatic carbocycles. The zero-order valence-electron chi connectivity index (χ0n) is 9.80. The molecular weight excluding hydrogens is 247 g/mol. The van der Waals surface area contributed by atoms with Gasteiger partial charge in [0.1, 0.15) is 0 Å². The number of rotatable bonds is 2. The van der Waals surface area contributed by atoms with Crippen LogP contribution in [0, 0.1) is 29.1 Å². The maximum atomic E-state index is 11.2. The molecule has 2 bridgehead atoms. The first kappa shape index (κ1) is 13.7. The summed E-state index contributed by atoms with van der Waals surface area (Å²) >= 11 is 0. The maximum absolute atomic E-state index is 11.2. The van der Waals surface area contributed by atoms with Crippen molar-refractivity contribution in [3.63, 3.8) is 0 Å². The molecule has 3 rings (SSSR count). The van der Waals surface area contributed by atoms with Gasteiger partial charge in [-0.1, -0.05) is 12.2 Å².